The number of nitro benzene ring substituents is 1. The maximum atomic E-state index is 12.5. The average Bonchev–Trinajstić information content (AvgIpc) is 2.63. The largest absolute Gasteiger partial charge is 0.493 e. The maximum Gasteiger partial charge on any atom is 0.269 e. The van der Waals surface area contributed by atoms with Crippen molar-refractivity contribution in [3.05, 3.63) is 63.2 Å². The van der Waals surface area contributed by atoms with Crippen LogP contribution in [0.4, 0.5) is 5.69 Å². The number of non-ortho nitro benzene ring substituents is 1. The van der Waals surface area contributed by atoms with E-state index in [1.54, 1.807) is 38.3 Å². The summed E-state index contributed by atoms with van der Waals surface area (Å²) in [6, 6.07) is 9.76. The van der Waals surface area contributed by atoms with Crippen LogP contribution >= 0.6 is 0 Å². The van der Waals surface area contributed by atoms with Crippen molar-refractivity contribution >= 4 is 11.6 Å². The molecule has 2 aromatic rings. The number of nitro groups is 1. The molecule has 7 heteroatoms. The molecule has 138 valence electrons. The number of carbonyl (C=O) groups excluding carboxylic acids is 1. The molecule has 0 aromatic heterocycles. The summed E-state index contributed by atoms with van der Waals surface area (Å²) >= 11 is 0. The van der Waals surface area contributed by atoms with E-state index in [1.807, 2.05) is 19.1 Å². The molecule has 0 saturated heterocycles. The first-order chi connectivity index (χ1) is 12.3. The predicted molar refractivity (Wildman–Crippen MR) is 97.6 cm³/mol. The van der Waals surface area contributed by atoms with E-state index >= 15 is 0 Å². The number of carbonyl (C=O) groups is 1. The number of aryl methyl sites for hydroxylation is 1. The molecule has 7 nitrogen and oxygen atoms in total. The number of rotatable bonds is 7. The van der Waals surface area contributed by atoms with E-state index in [-0.39, 0.29) is 18.0 Å². The predicted octanol–water partition coefficient (Wildman–Crippen LogP) is 3.12. The van der Waals surface area contributed by atoms with Crippen LogP contribution in [0, 0.1) is 17.0 Å². The fourth-order valence-corrected chi connectivity index (χ4v) is 2.58. The molecule has 0 aliphatic rings. The molecule has 0 atom stereocenters. The molecular weight excluding hydrogens is 336 g/mol. The van der Waals surface area contributed by atoms with Gasteiger partial charge in [-0.3, -0.25) is 14.9 Å². The smallest absolute Gasteiger partial charge is 0.269 e. The molecule has 0 bridgehead atoms. The number of hydrogen-bond acceptors (Lipinski definition) is 5. The van der Waals surface area contributed by atoms with Crippen LogP contribution < -0.4 is 9.47 Å². The van der Waals surface area contributed by atoms with Crippen LogP contribution in [0.25, 0.3) is 0 Å². The number of amides is 1. The second kappa shape index (κ2) is 8.33. The highest BCUT2D eigenvalue weighted by molar-refractivity contribution is 5.78. The lowest BCUT2D eigenvalue weighted by atomic mass is 10.1. The Morgan fingerprint density at radius 1 is 1.12 bits per heavy atom. The molecule has 0 N–H and O–H groups in total. The molecule has 0 heterocycles. The standard InChI is InChI=1S/C19H22N2O5/c1-13-9-17(25-3)18(26-4)11-15(13)12-20(2)19(22)10-14-5-7-16(8-6-14)21(23)24/h5-9,11H,10,12H2,1-4H3. The van der Waals surface area contributed by atoms with Gasteiger partial charge >= 0.3 is 0 Å². The zero-order chi connectivity index (χ0) is 19.3. The first-order valence-electron chi connectivity index (χ1n) is 8.04. The molecule has 2 rings (SSSR count). The summed E-state index contributed by atoms with van der Waals surface area (Å²) in [7, 11) is 4.88. The molecule has 1 amide bonds. The van der Waals surface area contributed by atoms with Crippen molar-refractivity contribution in [2.24, 2.45) is 0 Å². The van der Waals surface area contributed by atoms with Gasteiger partial charge in [-0.2, -0.15) is 0 Å². The summed E-state index contributed by atoms with van der Waals surface area (Å²) in [4.78, 5) is 24.3. The summed E-state index contributed by atoms with van der Waals surface area (Å²) in [5, 5.41) is 10.7. The Kier molecular flexibility index (Phi) is 6.16. The summed E-state index contributed by atoms with van der Waals surface area (Å²) in [6.45, 7) is 2.38. The number of nitrogens with zero attached hydrogens (tertiary/aromatic N) is 2. The minimum Gasteiger partial charge on any atom is -0.493 e. The third-order valence-electron chi connectivity index (χ3n) is 4.18. The van der Waals surface area contributed by atoms with Gasteiger partial charge in [0, 0.05) is 25.7 Å². The van der Waals surface area contributed by atoms with Crippen LogP contribution in [-0.4, -0.2) is 37.0 Å². The molecule has 0 unspecified atom stereocenters. The van der Waals surface area contributed by atoms with Crippen LogP contribution in [0.1, 0.15) is 16.7 Å². The van der Waals surface area contributed by atoms with E-state index in [9.17, 15) is 14.9 Å². The van der Waals surface area contributed by atoms with Crippen molar-refractivity contribution in [2.75, 3.05) is 21.3 Å². The van der Waals surface area contributed by atoms with Gasteiger partial charge in [0.05, 0.1) is 25.6 Å². The normalized spacial score (nSPS) is 10.3. The quantitative estimate of drug-likeness (QED) is 0.561. The van der Waals surface area contributed by atoms with Crippen LogP contribution in [-0.2, 0) is 17.8 Å². The lowest BCUT2D eigenvalue weighted by Crippen LogP contribution is -2.28. The Balaban J connectivity index is 2.08. The highest BCUT2D eigenvalue weighted by Crippen LogP contribution is 2.30. The Morgan fingerprint density at radius 2 is 1.69 bits per heavy atom. The summed E-state index contributed by atoms with van der Waals surface area (Å²) in [6.07, 6.45) is 0.181. The Hall–Kier alpha value is -3.09. The fraction of sp³-hybridized carbons (Fsp3) is 0.316. The van der Waals surface area contributed by atoms with Crippen LogP contribution in [0.5, 0.6) is 11.5 Å². The van der Waals surface area contributed by atoms with Gasteiger partial charge in [-0.15, -0.1) is 0 Å². The Labute approximate surface area is 152 Å². The molecule has 0 fully saturated rings. The highest BCUT2D eigenvalue weighted by atomic mass is 16.6. The number of ether oxygens (including phenoxy) is 2. The lowest BCUT2D eigenvalue weighted by molar-refractivity contribution is -0.384. The van der Waals surface area contributed by atoms with E-state index in [4.69, 9.17) is 9.47 Å². The van der Waals surface area contributed by atoms with Gasteiger partial charge in [0.25, 0.3) is 5.69 Å². The third kappa shape index (κ3) is 4.50. The minimum absolute atomic E-state index is 0.00973. The second-order valence-electron chi connectivity index (χ2n) is 5.98. The van der Waals surface area contributed by atoms with E-state index in [2.05, 4.69) is 0 Å². The molecule has 2 aromatic carbocycles. The van der Waals surface area contributed by atoms with E-state index < -0.39 is 4.92 Å². The zero-order valence-electron chi connectivity index (χ0n) is 15.3. The first kappa shape index (κ1) is 19.2. The SMILES string of the molecule is COc1cc(C)c(CN(C)C(=O)Cc2ccc([N+](=O)[O-])cc2)cc1OC. The molecule has 0 aliphatic carbocycles. The molecule has 26 heavy (non-hydrogen) atoms. The first-order valence-corrected chi connectivity index (χ1v) is 8.04. The van der Waals surface area contributed by atoms with Crippen LogP contribution in [0.15, 0.2) is 36.4 Å². The number of hydrogen-bond donors (Lipinski definition) is 0. The second-order valence-corrected chi connectivity index (χ2v) is 5.98. The van der Waals surface area contributed by atoms with Gasteiger partial charge in [0.2, 0.25) is 5.91 Å². The number of benzene rings is 2. The monoisotopic (exact) mass is 358 g/mol. The Morgan fingerprint density at radius 3 is 2.23 bits per heavy atom. The maximum absolute atomic E-state index is 12.5. The number of likely N-dealkylation sites (N-methyl/N-ethyl adjacent to an activating group) is 1. The van der Waals surface area contributed by atoms with Crippen molar-refractivity contribution in [3.8, 4) is 11.5 Å². The van der Waals surface area contributed by atoms with E-state index in [0.29, 0.717) is 18.0 Å². The molecular formula is C19H22N2O5. The zero-order valence-corrected chi connectivity index (χ0v) is 15.3. The highest BCUT2D eigenvalue weighted by Gasteiger charge is 2.15. The van der Waals surface area contributed by atoms with Crippen LogP contribution in [0.3, 0.4) is 0 Å². The van der Waals surface area contributed by atoms with E-state index in [1.165, 1.54) is 12.1 Å². The molecule has 0 spiro atoms. The van der Waals surface area contributed by atoms with Crippen molar-refractivity contribution in [1.82, 2.24) is 4.90 Å². The fourth-order valence-electron chi connectivity index (χ4n) is 2.58. The van der Waals surface area contributed by atoms with Crippen LogP contribution in [0.2, 0.25) is 0 Å². The molecule has 0 saturated carbocycles. The van der Waals surface area contributed by atoms with Crippen molar-refractivity contribution in [3.63, 3.8) is 0 Å². The summed E-state index contributed by atoms with van der Waals surface area (Å²) in [5.41, 5.74) is 2.70. The van der Waals surface area contributed by atoms with Crippen molar-refractivity contribution in [1.29, 1.82) is 0 Å². The van der Waals surface area contributed by atoms with Gasteiger partial charge in [0.15, 0.2) is 11.5 Å². The lowest BCUT2D eigenvalue weighted by Gasteiger charge is -2.20. The Bertz CT molecular complexity index is 802. The third-order valence-corrected chi connectivity index (χ3v) is 4.18. The van der Waals surface area contributed by atoms with E-state index in [0.717, 1.165) is 16.7 Å². The summed E-state index contributed by atoms with van der Waals surface area (Å²) in [5.74, 6) is 1.19. The summed E-state index contributed by atoms with van der Waals surface area (Å²) < 4.78 is 10.6. The van der Waals surface area contributed by atoms with Gasteiger partial charge in [-0.1, -0.05) is 12.1 Å². The molecule has 0 radical (unpaired) electrons. The van der Waals surface area contributed by atoms with Crippen molar-refractivity contribution in [2.45, 2.75) is 19.9 Å². The van der Waals surface area contributed by atoms with Crippen molar-refractivity contribution < 1.29 is 19.2 Å². The van der Waals surface area contributed by atoms with Gasteiger partial charge in [0.1, 0.15) is 0 Å². The minimum atomic E-state index is -0.461. The van der Waals surface area contributed by atoms with Gasteiger partial charge in [-0.25, -0.2) is 0 Å². The topological polar surface area (TPSA) is 81.9 Å². The number of methoxy groups -OCH3 is 2. The van der Waals surface area contributed by atoms with Gasteiger partial charge < -0.3 is 14.4 Å². The average molecular weight is 358 g/mol. The van der Waals surface area contributed by atoms with Gasteiger partial charge in [-0.05, 0) is 35.7 Å². The molecule has 0 aliphatic heterocycles.